The Labute approximate surface area is 172 Å². The van der Waals surface area contributed by atoms with E-state index in [0.29, 0.717) is 16.5 Å². The summed E-state index contributed by atoms with van der Waals surface area (Å²) in [6.07, 6.45) is 5.19. The molecular weight excluding hydrogens is 396 g/mol. The van der Waals surface area contributed by atoms with Crippen molar-refractivity contribution in [1.82, 2.24) is 14.8 Å². The third kappa shape index (κ3) is 3.69. The van der Waals surface area contributed by atoms with Crippen molar-refractivity contribution in [3.05, 3.63) is 21.8 Å². The summed E-state index contributed by atoms with van der Waals surface area (Å²) in [5, 5.41) is 12.9. The maximum Gasteiger partial charge on any atom is 0.341 e. The second-order valence-corrected chi connectivity index (χ2v) is 9.52. The number of aromatic nitrogens is 3. The number of esters is 1. The SMILES string of the molecule is COC(=O)c1c(NC(=O)CSc2nnc(C3CC3)n2C(C)C)sc2c1CCC2. The van der Waals surface area contributed by atoms with Crippen molar-refractivity contribution in [2.45, 2.75) is 63.1 Å². The number of ether oxygens (including phenoxy) is 1. The van der Waals surface area contributed by atoms with Gasteiger partial charge in [-0.3, -0.25) is 4.79 Å². The summed E-state index contributed by atoms with van der Waals surface area (Å²) in [6, 6.07) is 0.252. The molecule has 2 aliphatic carbocycles. The van der Waals surface area contributed by atoms with E-state index in [9.17, 15) is 9.59 Å². The molecule has 150 valence electrons. The first-order valence-electron chi connectivity index (χ1n) is 9.59. The summed E-state index contributed by atoms with van der Waals surface area (Å²) in [7, 11) is 1.37. The van der Waals surface area contributed by atoms with Crippen molar-refractivity contribution >= 4 is 40.0 Å². The highest BCUT2D eigenvalue weighted by Gasteiger charge is 2.32. The lowest BCUT2D eigenvalue weighted by Gasteiger charge is -2.13. The van der Waals surface area contributed by atoms with Crippen molar-refractivity contribution in [3.8, 4) is 0 Å². The molecule has 9 heteroatoms. The Morgan fingerprint density at radius 3 is 2.79 bits per heavy atom. The maximum absolute atomic E-state index is 12.6. The normalized spacial score (nSPS) is 15.7. The summed E-state index contributed by atoms with van der Waals surface area (Å²) < 4.78 is 7.07. The number of aryl methyl sites for hydroxylation is 1. The van der Waals surface area contributed by atoms with E-state index >= 15 is 0 Å². The van der Waals surface area contributed by atoms with Gasteiger partial charge in [0.05, 0.1) is 18.4 Å². The third-order valence-electron chi connectivity index (χ3n) is 5.05. The molecule has 0 aliphatic heterocycles. The van der Waals surface area contributed by atoms with Gasteiger partial charge in [-0.25, -0.2) is 4.79 Å². The van der Waals surface area contributed by atoms with E-state index in [-0.39, 0.29) is 23.7 Å². The topological polar surface area (TPSA) is 86.1 Å². The van der Waals surface area contributed by atoms with Gasteiger partial charge in [0.2, 0.25) is 5.91 Å². The van der Waals surface area contributed by atoms with Gasteiger partial charge in [-0.05, 0) is 51.5 Å². The number of anilines is 1. The van der Waals surface area contributed by atoms with Gasteiger partial charge in [-0.15, -0.1) is 21.5 Å². The lowest BCUT2D eigenvalue weighted by atomic mass is 10.1. The second kappa shape index (κ2) is 7.87. The van der Waals surface area contributed by atoms with Gasteiger partial charge in [0.15, 0.2) is 5.16 Å². The van der Waals surface area contributed by atoms with Crippen LogP contribution in [0.1, 0.15) is 71.7 Å². The van der Waals surface area contributed by atoms with Crippen LogP contribution >= 0.6 is 23.1 Å². The zero-order valence-electron chi connectivity index (χ0n) is 16.3. The molecule has 2 heterocycles. The Morgan fingerprint density at radius 1 is 1.32 bits per heavy atom. The highest BCUT2D eigenvalue weighted by molar-refractivity contribution is 7.99. The minimum absolute atomic E-state index is 0.152. The van der Waals surface area contributed by atoms with Crippen LogP contribution in [0.25, 0.3) is 0 Å². The van der Waals surface area contributed by atoms with Crippen LogP contribution in [0, 0.1) is 0 Å². The van der Waals surface area contributed by atoms with E-state index in [1.165, 1.54) is 35.1 Å². The van der Waals surface area contributed by atoms with E-state index in [2.05, 4.69) is 33.9 Å². The Morgan fingerprint density at radius 2 is 2.11 bits per heavy atom. The fraction of sp³-hybridized carbons (Fsp3) is 0.579. The number of rotatable bonds is 7. The van der Waals surface area contributed by atoms with Crippen molar-refractivity contribution in [2.24, 2.45) is 0 Å². The molecule has 0 radical (unpaired) electrons. The van der Waals surface area contributed by atoms with Crippen molar-refractivity contribution in [2.75, 3.05) is 18.2 Å². The average Bonchev–Trinajstić information content (AvgIpc) is 3.10. The second-order valence-electron chi connectivity index (χ2n) is 7.47. The minimum Gasteiger partial charge on any atom is -0.465 e. The number of carbonyl (C=O) groups is 2. The molecule has 7 nitrogen and oxygen atoms in total. The molecule has 1 saturated carbocycles. The first-order valence-corrected chi connectivity index (χ1v) is 11.4. The van der Waals surface area contributed by atoms with E-state index < -0.39 is 0 Å². The number of hydrogen-bond acceptors (Lipinski definition) is 7. The minimum atomic E-state index is -0.379. The van der Waals surface area contributed by atoms with E-state index in [4.69, 9.17) is 4.74 Å². The number of hydrogen-bond donors (Lipinski definition) is 1. The number of amides is 1. The molecule has 0 unspecified atom stereocenters. The molecule has 0 spiro atoms. The first-order chi connectivity index (χ1) is 13.5. The van der Waals surface area contributed by atoms with Gasteiger partial charge in [0.1, 0.15) is 10.8 Å². The Balaban J connectivity index is 1.46. The molecule has 0 aromatic carbocycles. The van der Waals surface area contributed by atoms with Crippen LogP contribution in [0.15, 0.2) is 5.16 Å². The van der Waals surface area contributed by atoms with E-state index in [0.717, 1.165) is 48.6 Å². The molecule has 1 fully saturated rings. The number of methoxy groups -OCH3 is 1. The molecule has 1 amide bonds. The summed E-state index contributed by atoms with van der Waals surface area (Å²) >= 11 is 2.88. The number of thioether (sulfide) groups is 1. The fourth-order valence-electron chi connectivity index (χ4n) is 3.60. The number of fused-ring (bicyclic) bond motifs is 1. The van der Waals surface area contributed by atoms with E-state index in [1.54, 1.807) is 0 Å². The number of nitrogens with one attached hydrogen (secondary N) is 1. The van der Waals surface area contributed by atoms with Crippen LogP contribution in [0.3, 0.4) is 0 Å². The van der Waals surface area contributed by atoms with Gasteiger partial charge in [0, 0.05) is 16.8 Å². The summed E-state index contributed by atoms with van der Waals surface area (Å²) in [5.41, 5.74) is 1.56. The molecule has 4 rings (SSSR count). The quantitative estimate of drug-likeness (QED) is 0.542. The Hall–Kier alpha value is -1.87. The Bertz CT molecular complexity index is 915. The van der Waals surface area contributed by atoms with Gasteiger partial charge in [-0.1, -0.05) is 11.8 Å². The van der Waals surface area contributed by atoms with Gasteiger partial charge in [-0.2, -0.15) is 0 Å². The first kappa shape index (κ1) is 19.4. The van der Waals surface area contributed by atoms with Crippen LogP contribution in [0.5, 0.6) is 0 Å². The van der Waals surface area contributed by atoms with Gasteiger partial charge >= 0.3 is 5.97 Å². The average molecular weight is 421 g/mol. The Kier molecular flexibility index (Phi) is 5.46. The van der Waals surface area contributed by atoms with Crippen LogP contribution in [0.4, 0.5) is 5.00 Å². The smallest absolute Gasteiger partial charge is 0.341 e. The van der Waals surface area contributed by atoms with Crippen LogP contribution in [-0.4, -0.2) is 39.5 Å². The molecule has 28 heavy (non-hydrogen) atoms. The van der Waals surface area contributed by atoms with E-state index in [1.807, 2.05) is 0 Å². The molecule has 1 N–H and O–H groups in total. The third-order valence-corrected chi connectivity index (χ3v) is 7.20. The highest BCUT2D eigenvalue weighted by atomic mass is 32.2. The van der Waals surface area contributed by atoms with Crippen molar-refractivity contribution in [1.29, 1.82) is 0 Å². The largest absolute Gasteiger partial charge is 0.465 e. The highest BCUT2D eigenvalue weighted by Crippen LogP contribution is 2.41. The van der Waals surface area contributed by atoms with Crippen LogP contribution in [0.2, 0.25) is 0 Å². The zero-order chi connectivity index (χ0) is 19.8. The molecule has 2 aromatic heterocycles. The lowest BCUT2D eigenvalue weighted by molar-refractivity contribution is -0.113. The summed E-state index contributed by atoms with van der Waals surface area (Å²) in [4.78, 5) is 26.0. The molecule has 0 bridgehead atoms. The fourth-order valence-corrected chi connectivity index (χ4v) is 5.76. The van der Waals surface area contributed by atoms with Crippen molar-refractivity contribution in [3.63, 3.8) is 0 Å². The molecule has 0 atom stereocenters. The lowest BCUT2D eigenvalue weighted by Crippen LogP contribution is -2.17. The predicted molar refractivity (Wildman–Crippen MR) is 109 cm³/mol. The predicted octanol–water partition coefficient (Wildman–Crippen LogP) is 3.80. The molecule has 0 saturated heterocycles. The maximum atomic E-state index is 12.6. The number of thiophene rings is 1. The van der Waals surface area contributed by atoms with Gasteiger partial charge < -0.3 is 14.6 Å². The van der Waals surface area contributed by atoms with Crippen molar-refractivity contribution < 1.29 is 14.3 Å². The summed E-state index contributed by atoms with van der Waals surface area (Å²) in [5.74, 6) is 1.23. The summed E-state index contributed by atoms with van der Waals surface area (Å²) in [6.45, 7) is 4.21. The van der Waals surface area contributed by atoms with Crippen LogP contribution in [-0.2, 0) is 22.4 Å². The zero-order valence-corrected chi connectivity index (χ0v) is 17.9. The monoisotopic (exact) mass is 420 g/mol. The number of carbonyl (C=O) groups excluding carboxylic acids is 2. The molecule has 2 aliphatic rings. The van der Waals surface area contributed by atoms with Gasteiger partial charge in [0.25, 0.3) is 0 Å². The molecule has 2 aromatic rings. The number of nitrogens with zero attached hydrogens (tertiary/aromatic N) is 3. The molecular formula is C19H24N4O3S2. The standard InChI is InChI=1S/C19H24N4O3S2/c1-10(2)23-16(11-7-8-11)21-22-19(23)27-9-14(24)20-17-15(18(25)26-3)12-5-4-6-13(12)28-17/h10-11H,4-9H2,1-3H3,(H,20,24). The van der Waals surface area contributed by atoms with Crippen LogP contribution < -0.4 is 5.32 Å².